The third-order valence-corrected chi connectivity index (χ3v) is 3.32. The minimum Gasteiger partial charge on any atom is -0.326 e. The summed E-state index contributed by atoms with van der Waals surface area (Å²) in [5.41, 5.74) is 3.31. The van der Waals surface area contributed by atoms with Crippen molar-refractivity contribution in [2.24, 2.45) is 0 Å². The summed E-state index contributed by atoms with van der Waals surface area (Å²) in [6, 6.07) is 10.1. The molecule has 0 bridgehead atoms. The summed E-state index contributed by atoms with van der Waals surface area (Å²) < 4.78 is 0. The van der Waals surface area contributed by atoms with Crippen molar-refractivity contribution in [1.82, 2.24) is 0 Å². The first kappa shape index (κ1) is 10.9. The Balaban J connectivity index is 2.22. The topological polar surface area (TPSA) is 29.1 Å². The van der Waals surface area contributed by atoms with Crippen molar-refractivity contribution < 1.29 is 4.79 Å². The van der Waals surface area contributed by atoms with Gasteiger partial charge in [0.1, 0.15) is 0 Å². The smallest absolute Gasteiger partial charge is 0.221 e. The van der Waals surface area contributed by atoms with Crippen molar-refractivity contribution in [3.8, 4) is 10.4 Å². The van der Waals surface area contributed by atoms with E-state index >= 15 is 0 Å². The number of rotatable bonds is 2. The molecule has 1 amide bonds. The van der Waals surface area contributed by atoms with Crippen LogP contribution in [-0.4, -0.2) is 5.91 Å². The van der Waals surface area contributed by atoms with E-state index in [9.17, 15) is 4.79 Å². The lowest BCUT2D eigenvalue weighted by Crippen LogP contribution is -2.05. The number of benzene rings is 1. The van der Waals surface area contributed by atoms with Crippen LogP contribution in [0.15, 0.2) is 35.7 Å². The molecule has 0 saturated heterocycles. The molecule has 2 rings (SSSR count). The number of thiophene rings is 1. The lowest BCUT2D eigenvalue weighted by Gasteiger charge is -2.02. The van der Waals surface area contributed by atoms with Gasteiger partial charge in [0.05, 0.1) is 0 Å². The average molecular weight is 231 g/mol. The fraction of sp³-hybridized carbons (Fsp3) is 0.154. The summed E-state index contributed by atoms with van der Waals surface area (Å²) in [5, 5.41) is 4.89. The lowest BCUT2D eigenvalue weighted by molar-refractivity contribution is -0.114. The summed E-state index contributed by atoms with van der Waals surface area (Å²) >= 11 is 1.74. The molecule has 16 heavy (non-hydrogen) atoms. The molecular formula is C13H13NOS. The van der Waals surface area contributed by atoms with E-state index in [-0.39, 0.29) is 5.91 Å². The van der Waals surface area contributed by atoms with Gasteiger partial charge in [0.15, 0.2) is 0 Å². The van der Waals surface area contributed by atoms with Crippen LogP contribution in [0.2, 0.25) is 0 Å². The summed E-state index contributed by atoms with van der Waals surface area (Å²) in [7, 11) is 0. The quantitative estimate of drug-likeness (QED) is 0.839. The first-order chi connectivity index (χ1) is 7.65. The molecule has 0 aliphatic rings. The van der Waals surface area contributed by atoms with E-state index in [0.29, 0.717) is 0 Å². The summed E-state index contributed by atoms with van der Waals surface area (Å²) in [6.45, 7) is 3.60. The maximum absolute atomic E-state index is 10.9. The van der Waals surface area contributed by atoms with Gasteiger partial charge in [-0.25, -0.2) is 0 Å². The zero-order valence-electron chi connectivity index (χ0n) is 9.28. The number of amides is 1. The first-order valence-electron chi connectivity index (χ1n) is 5.08. The summed E-state index contributed by atoms with van der Waals surface area (Å²) in [5.74, 6) is -0.0419. The third kappa shape index (κ3) is 2.49. The van der Waals surface area contributed by atoms with Crippen LogP contribution < -0.4 is 5.32 Å². The second kappa shape index (κ2) is 4.49. The fourth-order valence-electron chi connectivity index (χ4n) is 1.50. The van der Waals surface area contributed by atoms with Crippen molar-refractivity contribution >= 4 is 22.9 Å². The Labute approximate surface area is 98.9 Å². The molecule has 0 spiro atoms. The van der Waals surface area contributed by atoms with Crippen LogP contribution in [0.4, 0.5) is 5.69 Å². The van der Waals surface area contributed by atoms with Gasteiger partial charge in [0.25, 0.3) is 0 Å². The highest BCUT2D eigenvalue weighted by atomic mass is 32.1. The second-order valence-corrected chi connectivity index (χ2v) is 4.66. The maximum atomic E-state index is 10.9. The van der Waals surface area contributed by atoms with Crippen LogP contribution in [-0.2, 0) is 4.79 Å². The van der Waals surface area contributed by atoms with Gasteiger partial charge in [0.2, 0.25) is 5.91 Å². The van der Waals surface area contributed by atoms with Crippen molar-refractivity contribution in [3.63, 3.8) is 0 Å². The Kier molecular flexibility index (Phi) is 3.06. The molecule has 0 saturated carbocycles. The van der Waals surface area contributed by atoms with Gasteiger partial charge in [-0.2, -0.15) is 0 Å². The highest BCUT2D eigenvalue weighted by Gasteiger charge is 2.01. The Hall–Kier alpha value is -1.61. The Morgan fingerprint density at radius 2 is 1.94 bits per heavy atom. The number of nitrogens with one attached hydrogen (secondary N) is 1. The van der Waals surface area contributed by atoms with Crippen molar-refractivity contribution in [2.75, 3.05) is 5.32 Å². The zero-order valence-corrected chi connectivity index (χ0v) is 10.1. The molecule has 82 valence electrons. The molecule has 0 aliphatic heterocycles. The van der Waals surface area contributed by atoms with E-state index in [1.54, 1.807) is 11.3 Å². The number of hydrogen-bond donors (Lipinski definition) is 1. The zero-order chi connectivity index (χ0) is 11.5. The van der Waals surface area contributed by atoms with Gasteiger partial charge in [0, 0.05) is 17.5 Å². The van der Waals surface area contributed by atoms with Gasteiger partial charge in [-0.15, -0.1) is 11.3 Å². The molecule has 0 aliphatic carbocycles. The minimum absolute atomic E-state index is 0.0419. The monoisotopic (exact) mass is 231 g/mol. The molecule has 1 aromatic heterocycles. The van der Waals surface area contributed by atoms with Crippen molar-refractivity contribution in [2.45, 2.75) is 13.8 Å². The molecular weight excluding hydrogens is 218 g/mol. The normalized spacial score (nSPS) is 10.1. The van der Waals surface area contributed by atoms with Gasteiger partial charge in [-0.3, -0.25) is 4.79 Å². The van der Waals surface area contributed by atoms with Gasteiger partial charge in [-0.05, 0) is 41.6 Å². The van der Waals surface area contributed by atoms with Crippen molar-refractivity contribution in [1.29, 1.82) is 0 Å². The van der Waals surface area contributed by atoms with Crippen LogP contribution in [0, 0.1) is 6.92 Å². The Bertz CT molecular complexity index is 499. The number of anilines is 1. The van der Waals surface area contributed by atoms with Gasteiger partial charge < -0.3 is 5.32 Å². The molecule has 0 atom stereocenters. The van der Waals surface area contributed by atoms with Crippen LogP contribution in [0.3, 0.4) is 0 Å². The highest BCUT2D eigenvalue weighted by molar-refractivity contribution is 7.13. The van der Waals surface area contributed by atoms with E-state index < -0.39 is 0 Å². The number of carbonyl (C=O) groups is 1. The first-order valence-corrected chi connectivity index (χ1v) is 5.96. The fourth-order valence-corrected chi connectivity index (χ4v) is 2.41. The number of carbonyl (C=O) groups excluding carboxylic acids is 1. The number of hydrogen-bond acceptors (Lipinski definition) is 2. The molecule has 0 fully saturated rings. The molecule has 1 N–H and O–H groups in total. The Morgan fingerprint density at radius 3 is 2.44 bits per heavy atom. The Morgan fingerprint density at radius 1 is 1.25 bits per heavy atom. The molecule has 3 heteroatoms. The minimum atomic E-state index is -0.0419. The van der Waals surface area contributed by atoms with Crippen LogP contribution in [0.25, 0.3) is 10.4 Å². The van der Waals surface area contributed by atoms with E-state index in [1.165, 1.54) is 22.9 Å². The SMILES string of the molecule is CC(=O)Nc1ccc(-c2cc(C)cs2)cc1. The van der Waals surface area contributed by atoms with E-state index in [4.69, 9.17) is 0 Å². The summed E-state index contributed by atoms with van der Waals surface area (Å²) in [4.78, 5) is 12.1. The molecule has 0 radical (unpaired) electrons. The summed E-state index contributed by atoms with van der Waals surface area (Å²) in [6.07, 6.45) is 0. The van der Waals surface area contributed by atoms with Crippen molar-refractivity contribution in [3.05, 3.63) is 41.3 Å². The molecule has 1 aromatic carbocycles. The predicted octanol–water partition coefficient (Wildman–Crippen LogP) is 3.68. The number of aryl methyl sites for hydroxylation is 1. The maximum Gasteiger partial charge on any atom is 0.221 e. The van der Waals surface area contributed by atoms with E-state index in [1.807, 2.05) is 24.3 Å². The standard InChI is InChI=1S/C13H13NOS/c1-9-7-13(16-8-9)11-3-5-12(6-4-11)14-10(2)15/h3-8H,1-2H3,(H,14,15). The largest absolute Gasteiger partial charge is 0.326 e. The van der Waals surface area contributed by atoms with Gasteiger partial charge in [-0.1, -0.05) is 12.1 Å². The average Bonchev–Trinajstić information content (AvgIpc) is 2.65. The van der Waals surface area contributed by atoms with E-state index in [0.717, 1.165) is 5.69 Å². The van der Waals surface area contributed by atoms with E-state index in [2.05, 4.69) is 23.7 Å². The van der Waals surface area contributed by atoms with Crippen LogP contribution >= 0.6 is 11.3 Å². The molecule has 2 aromatic rings. The van der Waals surface area contributed by atoms with Crippen LogP contribution in [0.5, 0.6) is 0 Å². The lowest BCUT2D eigenvalue weighted by atomic mass is 10.1. The second-order valence-electron chi connectivity index (χ2n) is 3.75. The molecule has 1 heterocycles. The predicted molar refractivity (Wildman–Crippen MR) is 68.8 cm³/mol. The molecule has 0 unspecified atom stereocenters. The molecule has 2 nitrogen and oxygen atoms in total. The van der Waals surface area contributed by atoms with Gasteiger partial charge >= 0.3 is 0 Å². The highest BCUT2D eigenvalue weighted by Crippen LogP contribution is 2.27. The third-order valence-electron chi connectivity index (χ3n) is 2.22. The van der Waals surface area contributed by atoms with Crippen LogP contribution in [0.1, 0.15) is 12.5 Å².